The summed E-state index contributed by atoms with van der Waals surface area (Å²) in [4.78, 5) is 26.5. The van der Waals surface area contributed by atoms with E-state index in [1.54, 1.807) is 20.8 Å². The van der Waals surface area contributed by atoms with E-state index in [-0.39, 0.29) is 22.3 Å². The van der Waals surface area contributed by atoms with E-state index in [9.17, 15) is 9.59 Å². The van der Waals surface area contributed by atoms with Crippen molar-refractivity contribution in [3.8, 4) is 0 Å². The minimum atomic E-state index is -1.19. The number of rotatable bonds is 2. The second kappa shape index (κ2) is 4.71. The molecular weight excluding hydrogens is 244 g/mol. The average Bonchev–Trinajstić information content (AvgIpc) is 2.18. The Morgan fingerprint density at radius 3 is 2.47 bits per heavy atom. The first-order chi connectivity index (χ1) is 7.71. The lowest BCUT2D eigenvalue weighted by atomic mass is 9.95. The van der Waals surface area contributed by atoms with E-state index in [4.69, 9.17) is 16.7 Å². The topological polar surface area (TPSA) is 79.3 Å². The normalized spacial score (nSPS) is 11.1. The molecule has 1 aromatic heterocycles. The number of pyridine rings is 1. The van der Waals surface area contributed by atoms with Crippen molar-refractivity contribution in [2.75, 3.05) is 5.32 Å². The molecule has 1 heterocycles. The number of nitrogens with zero attached hydrogens (tertiary/aromatic N) is 1. The molecule has 0 radical (unpaired) electrons. The summed E-state index contributed by atoms with van der Waals surface area (Å²) in [5, 5.41) is 11.6. The van der Waals surface area contributed by atoms with Crippen LogP contribution < -0.4 is 5.32 Å². The molecule has 5 nitrogen and oxygen atoms in total. The largest absolute Gasteiger partial charge is 0.478 e. The molecule has 1 amide bonds. The molecule has 0 unspecified atom stereocenters. The van der Waals surface area contributed by atoms with Crippen LogP contribution in [0.4, 0.5) is 5.82 Å². The number of carboxylic acid groups (broad SMARTS) is 1. The van der Waals surface area contributed by atoms with Crippen molar-refractivity contribution in [2.45, 2.75) is 20.8 Å². The van der Waals surface area contributed by atoms with E-state index in [1.165, 1.54) is 12.3 Å². The molecule has 0 fully saturated rings. The molecule has 0 atom stereocenters. The molecule has 0 aliphatic rings. The summed E-state index contributed by atoms with van der Waals surface area (Å²) < 4.78 is 0. The summed E-state index contributed by atoms with van der Waals surface area (Å²) in [5.41, 5.74) is -0.757. The lowest BCUT2D eigenvalue weighted by Crippen LogP contribution is -2.28. The zero-order valence-corrected chi connectivity index (χ0v) is 10.5. The van der Waals surface area contributed by atoms with Crippen molar-refractivity contribution in [1.82, 2.24) is 4.98 Å². The van der Waals surface area contributed by atoms with Crippen molar-refractivity contribution < 1.29 is 14.7 Å². The summed E-state index contributed by atoms with van der Waals surface area (Å²) in [7, 11) is 0. The maximum Gasteiger partial charge on any atom is 0.339 e. The van der Waals surface area contributed by atoms with Crippen molar-refractivity contribution >= 4 is 29.3 Å². The van der Waals surface area contributed by atoms with E-state index in [0.717, 1.165) is 0 Å². The smallest absolute Gasteiger partial charge is 0.339 e. The van der Waals surface area contributed by atoms with Crippen LogP contribution in [0.15, 0.2) is 12.3 Å². The Kier molecular flexibility index (Phi) is 3.72. The number of carbonyl (C=O) groups excluding carboxylic acids is 1. The third kappa shape index (κ3) is 3.42. The number of carboxylic acids is 1. The Balaban J connectivity index is 3.07. The summed E-state index contributed by atoms with van der Waals surface area (Å²) in [5.74, 6) is -1.50. The van der Waals surface area contributed by atoms with Gasteiger partial charge in [-0.25, -0.2) is 9.78 Å². The van der Waals surface area contributed by atoms with Gasteiger partial charge >= 0.3 is 5.97 Å². The first-order valence-electron chi connectivity index (χ1n) is 4.92. The number of anilines is 1. The van der Waals surface area contributed by atoms with Gasteiger partial charge in [0.05, 0.1) is 5.02 Å². The first-order valence-corrected chi connectivity index (χ1v) is 5.30. The number of amides is 1. The van der Waals surface area contributed by atoms with Crippen LogP contribution in [0.2, 0.25) is 5.02 Å². The molecule has 0 aromatic carbocycles. The van der Waals surface area contributed by atoms with Gasteiger partial charge in [-0.1, -0.05) is 32.4 Å². The molecule has 2 N–H and O–H groups in total. The van der Waals surface area contributed by atoms with Gasteiger partial charge in [-0.3, -0.25) is 4.79 Å². The molecule has 0 saturated heterocycles. The average molecular weight is 257 g/mol. The molecule has 92 valence electrons. The Morgan fingerprint density at radius 1 is 1.41 bits per heavy atom. The number of halogens is 1. The second-order valence-corrected chi connectivity index (χ2v) is 5.00. The zero-order valence-electron chi connectivity index (χ0n) is 9.74. The predicted octanol–water partition coefficient (Wildman–Crippen LogP) is 2.42. The fraction of sp³-hybridized carbons (Fsp3) is 0.364. The summed E-state index contributed by atoms with van der Waals surface area (Å²) in [6.45, 7) is 5.16. The summed E-state index contributed by atoms with van der Waals surface area (Å²) in [6, 6.07) is 1.25. The Labute approximate surface area is 104 Å². The third-order valence-electron chi connectivity index (χ3n) is 2.00. The highest BCUT2D eigenvalue weighted by molar-refractivity contribution is 6.31. The van der Waals surface area contributed by atoms with E-state index in [0.29, 0.717) is 0 Å². The minimum Gasteiger partial charge on any atom is -0.478 e. The van der Waals surface area contributed by atoms with Crippen molar-refractivity contribution in [2.24, 2.45) is 5.41 Å². The van der Waals surface area contributed by atoms with E-state index in [1.807, 2.05) is 0 Å². The van der Waals surface area contributed by atoms with Crippen LogP contribution in [0.5, 0.6) is 0 Å². The van der Waals surface area contributed by atoms with Gasteiger partial charge in [0, 0.05) is 11.6 Å². The van der Waals surface area contributed by atoms with Gasteiger partial charge in [-0.15, -0.1) is 0 Å². The fourth-order valence-electron chi connectivity index (χ4n) is 0.997. The van der Waals surface area contributed by atoms with Crippen molar-refractivity contribution in [3.63, 3.8) is 0 Å². The lowest BCUT2D eigenvalue weighted by molar-refractivity contribution is -0.123. The lowest BCUT2D eigenvalue weighted by Gasteiger charge is -2.17. The molecule has 0 bridgehead atoms. The van der Waals surface area contributed by atoms with Crippen LogP contribution in [-0.2, 0) is 4.79 Å². The predicted molar refractivity (Wildman–Crippen MR) is 64.3 cm³/mol. The SMILES string of the molecule is CC(C)(C)C(=O)Nc1ncc(Cl)cc1C(=O)O. The molecule has 0 saturated carbocycles. The van der Waals surface area contributed by atoms with Crippen LogP contribution in [0.25, 0.3) is 0 Å². The monoisotopic (exact) mass is 256 g/mol. The number of aromatic nitrogens is 1. The number of hydrogen-bond acceptors (Lipinski definition) is 3. The summed E-state index contributed by atoms with van der Waals surface area (Å²) in [6.07, 6.45) is 1.28. The van der Waals surface area contributed by atoms with Crippen molar-refractivity contribution in [3.05, 3.63) is 22.8 Å². The van der Waals surface area contributed by atoms with Gasteiger partial charge in [0.25, 0.3) is 0 Å². The number of hydrogen-bond donors (Lipinski definition) is 2. The van der Waals surface area contributed by atoms with Gasteiger partial charge in [0.2, 0.25) is 5.91 Å². The molecule has 0 aliphatic heterocycles. The van der Waals surface area contributed by atoms with Crippen LogP contribution in [0, 0.1) is 5.41 Å². The molecule has 6 heteroatoms. The fourth-order valence-corrected chi connectivity index (χ4v) is 1.15. The molecule has 0 spiro atoms. The quantitative estimate of drug-likeness (QED) is 0.852. The Morgan fingerprint density at radius 2 is 2.00 bits per heavy atom. The highest BCUT2D eigenvalue weighted by Crippen LogP contribution is 2.21. The first kappa shape index (κ1) is 13.4. The Hall–Kier alpha value is -1.62. The van der Waals surface area contributed by atoms with E-state index in [2.05, 4.69) is 10.3 Å². The van der Waals surface area contributed by atoms with Gasteiger partial charge in [-0.05, 0) is 6.07 Å². The maximum atomic E-state index is 11.7. The standard InChI is InChI=1S/C11H13ClN2O3/c1-11(2,3)10(17)14-8-7(9(15)16)4-6(12)5-13-8/h4-5H,1-3H3,(H,15,16)(H,13,14,17). The van der Waals surface area contributed by atoms with Crippen LogP contribution in [-0.4, -0.2) is 22.0 Å². The summed E-state index contributed by atoms with van der Waals surface area (Å²) >= 11 is 5.65. The van der Waals surface area contributed by atoms with Gasteiger partial charge in [0.1, 0.15) is 11.4 Å². The maximum absolute atomic E-state index is 11.7. The van der Waals surface area contributed by atoms with Gasteiger partial charge in [0.15, 0.2) is 0 Å². The second-order valence-electron chi connectivity index (χ2n) is 4.56. The Bertz CT molecular complexity index is 466. The highest BCUT2D eigenvalue weighted by atomic mass is 35.5. The van der Waals surface area contributed by atoms with Crippen LogP contribution >= 0.6 is 11.6 Å². The molecule has 17 heavy (non-hydrogen) atoms. The zero-order chi connectivity index (χ0) is 13.2. The van der Waals surface area contributed by atoms with Gasteiger partial charge in [-0.2, -0.15) is 0 Å². The number of aromatic carboxylic acids is 1. The number of nitrogens with one attached hydrogen (secondary N) is 1. The van der Waals surface area contributed by atoms with Crippen LogP contribution in [0.1, 0.15) is 31.1 Å². The molecule has 1 rings (SSSR count). The molecule has 1 aromatic rings. The minimum absolute atomic E-state index is 0.00169. The molecular formula is C11H13ClN2O3. The van der Waals surface area contributed by atoms with E-state index < -0.39 is 11.4 Å². The molecule has 0 aliphatic carbocycles. The van der Waals surface area contributed by atoms with Crippen LogP contribution in [0.3, 0.4) is 0 Å². The highest BCUT2D eigenvalue weighted by Gasteiger charge is 2.23. The third-order valence-corrected chi connectivity index (χ3v) is 2.20. The van der Waals surface area contributed by atoms with Crippen molar-refractivity contribution in [1.29, 1.82) is 0 Å². The van der Waals surface area contributed by atoms with E-state index >= 15 is 0 Å². The number of carbonyl (C=O) groups is 2. The van der Waals surface area contributed by atoms with Gasteiger partial charge < -0.3 is 10.4 Å².